The SMILES string of the molecule is CC(Sc1nc2ccccc2c(=O)n1CC1CCCO1)C(=O)Nc1cccc2ccccc12. The van der Waals surface area contributed by atoms with Crippen LogP contribution in [-0.2, 0) is 16.1 Å². The number of fused-ring (bicyclic) bond motifs is 2. The van der Waals surface area contributed by atoms with Crippen molar-refractivity contribution >= 4 is 45.0 Å². The number of benzene rings is 3. The summed E-state index contributed by atoms with van der Waals surface area (Å²) < 4.78 is 7.45. The van der Waals surface area contributed by atoms with Crippen LogP contribution in [0.2, 0.25) is 0 Å². The van der Waals surface area contributed by atoms with E-state index in [-0.39, 0.29) is 17.6 Å². The number of ether oxygens (including phenoxy) is 1. The van der Waals surface area contributed by atoms with Crippen molar-refractivity contribution < 1.29 is 9.53 Å². The Kier molecular flexibility index (Phi) is 6.15. The molecule has 0 saturated carbocycles. The summed E-state index contributed by atoms with van der Waals surface area (Å²) >= 11 is 1.30. The zero-order valence-corrected chi connectivity index (χ0v) is 19.2. The molecule has 4 aromatic rings. The van der Waals surface area contributed by atoms with E-state index < -0.39 is 5.25 Å². The number of amides is 1. The molecule has 3 aromatic carbocycles. The van der Waals surface area contributed by atoms with E-state index in [9.17, 15) is 9.59 Å². The van der Waals surface area contributed by atoms with Crippen LogP contribution in [-0.4, -0.2) is 33.4 Å². The predicted octanol–water partition coefficient (Wildman–Crippen LogP) is 4.85. The number of carbonyl (C=O) groups is 1. The topological polar surface area (TPSA) is 73.2 Å². The van der Waals surface area contributed by atoms with Crippen molar-refractivity contribution in [2.75, 3.05) is 11.9 Å². The molecule has 168 valence electrons. The molecule has 2 heterocycles. The number of para-hydroxylation sites is 1. The third kappa shape index (κ3) is 4.51. The Labute approximate surface area is 196 Å². The molecule has 6 nitrogen and oxygen atoms in total. The summed E-state index contributed by atoms with van der Waals surface area (Å²) in [5, 5.41) is 5.77. The molecule has 33 heavy (non-hydrogen) atoms. The molecule has 2 unspecified atom stereocenters. The maximum Gasteiger partial charge on any atom is 0.262 e. The monoisotopic (exact) mass is 459 g/mol. The van der Waals surface area contributed by atoms with Gasteiger partial charge in [-0.15, -0.1) is 0 Å². The fourth-order valence-electron chi connectivity index (χ4n) is 4.17. The van der Waals surface area contributed by atoms with Crippen molar-refractivity contribution in [3.63, 3.8) is 0 Å². The van der Waals surface area contributed by atoms with Gasteiger partial charge in [0.15, 0.2) is 5.16 Å². The molecule has 1 aliphatic heterocycles. The van der Waals surface area contributed by atoms with Gasteiger partial charge in [-0.25, -0.2) is 4.98 Å². The highest BCUT2D eigenvalue weighted by atomic mass is 32.2. The fraction of sp³-hybridized carbons (Fsp3) is 0.269. The van der Waals surface area contributed by atoms with Crippen molar-refractivity contribution in [2.24, 2.45) is 0 Å². The van der Waals surface area contributed by atoms with Gasteiger partial charge < -0.3 is 10.1 Å². The summed E-state index contributed by atoms with van der Waals surface area (Å²) in [6.45, 7) is 2.99. The minimum absolute atomic E-state index is 0.00942. The highest BCUT2D eigenvalue weighted by Gasteiger charge is 2.23. The highest BCUT2D eigenvalue weighted by Crippen LogP contribution is 2.27. The van der Waals surface area contributed by atoms with Gasteiger partial charge in [0.05, 0.1) is 28.8 Å². The van der Waals surface area contributed by atoms with E-state index in [0.717, 1.165) is 29.3 Å². The quantitative estimate of drug-likeness (QED) is 0.330. The van der Waals surface area contributed by atoms with E-state index in [1.807, 2.05) is 67.6 Å². The second kappa shape index (κ2) is 9.37. The molecule has 1 saturated heterocycles. The number of thioether (sulfide) groups is 1. The van der Waals surface area contributed by atoms with Crippen LogP contribution in [0.5, 0.6) is 0 Å². The van der Waals surface area contributed by atoms with E-state index in [1.54, 1.807) is 10.6 Å². The molecule has 0 aliphatic carbocycles. The van der Waals surface area contributed by atoms with Crippen LogP contribution in [0.3, 0.4) is 0 Å². The van der Waals surface area contributed by atoms with Gasteiger partial charge in [0.2, 0.25) is 5.91 Å². The third-order valence-electron chi connectivity index (χ3n) is 5.94. The second-order valence-corrected chi connectivity index (χ2v) is 9.55. The standard InChI is InChI=1S/C26H25N3O3S/c1-17(24(30)27-22-14-6-9-18-8-2-3-11-20(18)22)33-26-28-23-13-5-4-12-21(23)25(31)29(26)16-19-10-7-15-32-19/h2-6,8-9,11-14,17,19H,7,10,15-16H2,1H3,(H,27,30). The van der Waals surface area contributed by atoms with Gasteiger partial charge in [-0.3, -0.25) is 14.2 Å². The molecule has 1 aliphatic rings. The third-order valence-corrected chi connectivity index (χ3v) is 7.03. The Bertz CT molecular complexity index is 1370. The second-order valence-electron chi connectivity index (χ2n) is 8.24. The average Bonchev–Trinajstić information content (AvgIpc) is 3.35. The Morgan fingerprint density at radius 2 is 1.88 bits per heavy atom. The molecule has 1 amide bonds. The summed E-state index contributed by atoms with van der Waals surface area (Å²) in [5.41, 5.74) is 1.31. The molecule has 1 fully saturated rings. The van der Waals surface area contributed by atoms with Gasteiger partial charge in [0, 0.05) is 17.7 Å². The van der Waals surface area contributed by atoms with Gasteiger partial charge in [0.1, 0.15) is 0 Å². The van der Waals surface area contributed by atoms with Crippen LogP contribution in [0, 0.1) is 0 Å². The Morgan fingerprint density at radius 1 is 1.12 bits per heavy atom. The van der Waals surface area contributed by atoms with Crippen molar-refractivity contribution in [1.82, 2.24) is 9.55 Å². The number of nitrogens with zero attached hydrogens (tertiary/aromatic N) is 2. The van der Waals surface area contributed by atoms with Crippen molar-refractivity contribution in [2.45, 2.75) is 42.8 Å². The molecule has 1 N–H and O–H groups in total. The number of carbonyl (C=O) groups excluding carboxylic acids is 1. The summed E-state index contributed by atoms with van der Waals surface area (Å²) in [7, 11) is 0. The first kappa shape index (κ1) is 21.7. The minimum Gasteiger partial charge on any atom is -0.376 e. The largest absolute Gasteiger partial charge is 0.376 e. The molecular formula is C26H25N3O3S. The van der Waals surface area contributed by atoms with Gasteiger partial charge in [-0.1, -0.05) is 60.3 Å². The smallest absolute Gasteiger partial charge is 0.262 e. The number of aromatic nitrogens is 2. The first-order valence-corrected chi connectivity index (χ1v) is 12.0. The van der Waals surface area contributed by atoms with Crippen molar-refractivity contribution in [3.05, 3.63) is 77.1 Å². The molecule has 7 heteroatoms. The molecule has 0 spiro atoms. The molecule has 1 aromatic heterocycles. The maximum atomic E-state index is 13.3. The van der Waals surface area contributed by atoms with Crippen LogP contribution in [0.1, 0.15) is 19.8 Å². The Balaban J connectivity index is 1.43. The number of rotatable bonds is 6. The van der Waals surface area contributed by atoms with Crippen molar-refractivity contribution in [1.29, 1.82) is 0 Å². The first-order chi connectivity index (χ1) is 16.1. The van der Waals surface area contributed by atoms with Gasteiger partial charge in [0.25, 0.3) is 5.56 Å². The zero-order valence-electron chi connectivity index (χ0n) is 18.4. The molecule has 0 bridgehead atoms. The maximum absolute atomic E-state index is 13.3. The predicted molar refractivity (Wildman–Crippen MR) is 133 cm³/mol. The highest BCUT2D eigenvalue weighted by molar-refractivity contribution is 8.00. The zero-order chi connectivity index (χ0) is 22.8. The summed E-state index contributed by atoms with van der Waals surface area (Å²) in [5.74, 6) is -0.137. The van der Waals surface area contributed by atoms with Crippen LogP contribution in [0.4, 0.5) is 5.69 Å². The molecule has 5 rings (SSSR count). The average molecular weight is 460 g/mol. The number of nitrogens with one attached hydrogen (secondary N) is 1. The van der Waals surface area contributed by atoms with Crippen LogP contribution >= 0.6 is 11.8 Å². The lowest BCUT2D eigenvalue weighted by Crippen LogP contribution is -2.30. The van der Waals surface area contributed by atoms with Crippen LogP contribution < -0.4 is 10.9 Å². The lowest BCUT2D eigenvalue weighted by atomic mass is 10.1. The van der Waals surface area contributed by atoms with Gasteiger partial charge in [-0.05, 0) is 43.4 Å². The van der Waals surface area contributed by atoms with Crippen LogP contribution in [0.25, 0.3) is 21.7 Å². The lowest BCUT2D eigenvalue weighted by molar-refractivity contribution is -0.115. The van der Waals surface area contributed by atoms with E-state index in [1.165, 1.54) is 11.8 Å². The van der Waals surface area contributed by atoms with E-state index >= 15 is 0 Å². The number of hydrogen-bond donors (Lipinski definition) is 1. The Hall–Kier alpha value is -3.16. The number of hydrogen-bond acceptors (Lipinski definition) is 5. The van der Waals surface area contributed by atoms with Crippen molar-refractivity contribution in [3.8, 4) is 0 Å². The molecular weight excluding hydrogens is 434 g/mol. The summed E-state index contributed by atoms with van der Waals surface area (Å²) in [4.78, 5) is 31.1. The van der Waals surface area contributed by atoms with Gasteiger partial charge in [-0.2, -0.15) is 0 Å². The van der Waals surface area contributed by atoms with E-state index in [0.29, 0.717) is 29.2 Å². The lowest BCUT2D eigenvalue weighted by Gasteiger charge is -2.19. The summed E-state index contributed by atoms with van der Waals surface area (Å²) in [6, 6.07) is 21.1. The minimum atomic E-state index is -0.451. The van der Waals surface area contributed by atoms with Gasteiger partial charge >= 0.3 is 0 Å². The fourth-order valence-corrected chi connectivity index (χ4v) is 5.09. The van der Waals surface area contributed by atoms with Crippen LogP contribution in [0.15, 0.2) is 76.7 Å². The summed E-state index contributed by atoms with van der Waals surface area (Å²) in [6.07, 6.45) is 1.90. The molecule has 2 atom stereocenters. The Morgan fingerprint density at radius 3 is 2.70 bits per heavy atom. The normalized spacial score (nSPS) is 16.8. The van der Waals surface area contributed by atoms with E-state index in [2.05, 4.69) is 5.32 Å². The first-order valence-electron chi connectivity index (χ1n) is 11.2. The number of anilines is 1. The molecule has 0 radical (unpaired) electrons. The van der Waals surface area contributed by atoms with E-state index in [4.69, 9.17) is 9.72 Å².